The fourth-order valence-corrected chi connectivity index (χ4v) is 2.88. The van der Waals surface area contributed by atoms with E-state index in [1.165, 1.54) is 25.7 Å². The van der Waals surface area contributed by atoms with Crippen LogP contribution in [0, 0.1) is 0 Å². The Labute approximate surface area is 101 Å². The highest BCUT2D eigenvalue weighted by molar-refractivity contribution is 5.03. The van der Waals surface area contributed by atoms with Gasteiger partial charge >= 0.3 is 0 Å². The van der Waals surface area contributed by atoms with Crippen molar-refractivity contribution in [2.45, 2.75) is 56.7 Å². The van der Waals surface area contributed by atoms with Crippen molar-refractivity contribution < 1.29 is 4.74 Å². The van der Waals surface area contributed by atoms with E-state index < -0.39 is 0 Å². The number of nitrogens with one attached hydrogen (secondary N) is 1. The molecule has 1 aromatic heterocycles. The van der Waals surface area contributed by atoms with Crippen molar-refractivity contribution >= 4 is 0 Å². The summed E-state index contributed by atoms with van der Waals surface area (Å²) in [4.78, 5) is 4.61. The molecule has 2 aliphatic rings. The summed E-state index contributed by atoms with van der Waals surface area (Å²) < 4.78 is 5.81. The van der Waals surface area contributed by atoms with Crippen LogP contribution in [0.1, 0.15) is 62.2 Å². The van der Waals surface area contributed by atoms with Crippen molar-refractivity contribution in [3.63, 3.8) is 0 Å². The lowest BCUT2D eigenvalue weighted by atomic mass is 10.1. The number of rotatable bonds is 3. The Balaban J connectivity index is 1.68. The molecule has 17 heavy (non-hydrogen) atoms. The van der Waals surface area contributed by atoms with Crippen molar-refractivity contribution in [2.24, 2.45) is 5.73 Å². The fraction of sp³-hybridized carbons (Fsp3) is 0.833. The average Bonchev–Trinajstić information content (AvgIpc) is 3.09. The van der Waals surface area contributed by atoms with Gasteiger partial charge in [-0.2, -0.15) is 5.10 Å². The summed E-state index contributed by atoms with van der Waals surface area (Å²) in [7, 11) is 0. The van der Waals surface area contributed by atoms with Crippen LogP contribution in [0.2, 0.25) is 0 Å². The zero-order valence-electron chi connectivity index (χ0n) is 10.1. The first-order chi connectivity index (χ1) is 8.36. The topological polar surface area (TPSA) is 76.8 Å². The number of nitrogens with two attached hydrogens (primary N) is 1. The average molecular weight is 236 g/mol. The zero-order valence-corrected chi connectivity index (χ0v) is 10.1. The van der Waals surface area contributed by atoms with Gasteiger partial charge < -0.3 is 10.5 Å². The van der Waals surface area contributed by atoms with Crippen molar-refractivity contribution in [1.82, 2.24) is 15.2 Å². The number of nitrogens with zero attached hydrogens (tertiary/aromatic N) is 2. The van der Waals surface area contributed by atoms with Gasteiger partial charge in [-0.05, 0) is 25.7 Å². The number of H-pyrrole nitrogens is 1. The Kier molecular flexibility index (Phi) is 3.11. The Bertz CT molecular complexity index is 372. The number of hydrogen-bond donors (Lipinski definition) is 2. The first-order valence-electron chi connectivity index (χ1n) is 6.64. The number of aromatic amines is 1. The van der Waals surface area contributed by atoms with Crippen molar-refractivity contribution in [2.75, 3.05) is 6.54 Å². The van der Waals surface area contributed by atoms with E-state index in [0.717, 1.165) is 24.5 Å². The van der Waals surface area contributed by atoms with Gasteiger partial charge in [0.1, 0.15) is 6.10 Å². The molecule has 2 heterocycles. The zero-order chi connectivity index (χ0) is 11.7. The molecule has 0 amide bonds. The molecule has 94 valence electrons. The van der Waals surface area contributed by atoms with Gasteiger partial charge in [-0.15, -0.1) is 0 Å². The first-order valence-corrected chi connectivity index (χ1v) is 6.64. The first kappa shape index (κ1) is 11.2. The van der Waals surface area contributed by atoms with Crippen LogP contribution in [-0.2, 0) is 4.74 Å². The second kappa shape index (κ2) is 4.74. The largest absolute Gasteiger partial charge is 0.366 e. The lowest BCUT2D eigenvalue weighted by Gasteiger charge is -2.09. The maximum absolute atomic E-state index is 5.81. The lowest BCUT2D eigenvalue weighted by molar-refractivity contribution is 0.0449. The molecule has 1 aliphatic carbocycles. The van der Waals surface area contributed by atoms with E-state index in [9.17, 15) is 0 Å². The van der Waals surface area contributed by atoms with Crippen LogP contribution >= 0.6 is 0 Å². The van der Waals surface area contributed by atoms with Crippen molar-refractivity contribution in [1.29, 1.82) is 0 Å². The van der Waals surface area contributed by atoms with Crippen LogP contribution in [0.15, 0.2) is 0 Å². The molecule has 2 fully saturated rings. The van der Waals surface area contributed by atoms with Crippen LogP contribution in [0.25, 0.3) is 0 Å². The van der Waals surface area contributed by atoms with Gasteiger partial charge in [0.25, 0.3) is 0 Å². The van der Waals surface area contributed by atoms with Gasteiger partial charge in [-0.25, -0.2) is 4.98 Å². The van der Waals surface area contributed by atoms with Crippen molar-refractivity contribution in [3.05, 3.63) is 11.6 Å². The molecule has 2 atom stereocenters. The van der Waals surface area contributed by atoms with Gasteiger partial charge in [0.05, 0.1) is 6.10 Å². The third-order valence-electron chi connectivity index (χ3n) is 3.92. The molecule has 0 spiro atoms. The third-order valence-corrected chi connectivity index (χ3v) is 3.92. The molecule has 0 aromatic carbocycles. The SMILES string of the molecule is NCC1CCC(c2nc(C3CCCC3)n[nH]2)O1. The molecule has 0 radical (unpaired) electrons. The molecule has 2 unspecified atom stereocenters. The summed E-state index contributed by atoms with van der Waals surface area (Å²) in [6.07, 6.45) is 7.38. The molecule has 1 aliphatic heterocycles. The second-order valence-corrected chi connectivity index (χ2v) is 5.12. The predicted molar refractivity (Wildman–Crippen MR) is 63.5 cm³/mol. The summed E-state index contributed by atoms with van der Waals surface area (Å²) >= 11 is 0. The fourth-order valence-electron chi connectivity index (χ4n) is 2.88. The van der Waals surface area contributed by atoms with Crippen LogP contribution < -0.4 is 5.73 Å². The van der Waals surface area contributed by atoms with E-state index >= 15 is 0 Å². The standard InChI is InChI=1S/C12H20N4O/c13-7-9-5-6-10(17-9)12-14-11(15-16-12)8-3-1-2-4-8/h8-10H,1-7,13H2,(H,14,15,16). The summed E-state index contributed by atoms with van der Waals surface area (Å²) in [5, 5.41) is 7.39. The highest BCUT2D eigenvalue weighted by atomic mass is 16.5. The van der Waals surface area contributed by atoms with E-state index in [-0.39, 0.29) is 12.2 Å². The Morgan fingerprint density at radius 1 is 1.24 bits per heavy atom. The highest BCUT2D eigenvalue weighted by Crippen LogP contribution is 2.34. The predicted octanol–water partition coefficient (Wildman–Crippen LogP) is 1.64. The minimum absolute atomic E-state index is 0.0752. The molecule has 1 saturated heterocycles. The maximum atomic E-state index is 5.81. The molecule has 5 heteroatoms. The highest BCUT2D eigenvalue weighted by Gasteiger charge is 2.29. The molecule has 1 saturated carbocycles. The van der Waals surface area contributed by atoms with E-state index in [2.05, 4.69) is 15.2 Å². The van der Waals surface area contributed by atoms with Gasteiger partial charge in [0.15, 0.2) is 11.6 Å². The molecule has 3 rings (SSSR count). The Morgan fingerprint density at radius 2 is 2.06 bits per heavy atom. The summed E-state index contributed by atoms with van der Waals surface area (Å²) in [6.45, 7) is 0.597. The van der Waals surface area contributed by atoms with Crippen LogP contribution in [0.4, 0.5) is 0 Å². The van der Waals surface area contributed by atoms with E-state index in [0.29, 0.717) is 12.5 Å². The molecule has 1 aromatic rings. The summed E-state index contributed by atoms with van der Waals surface area (Å²) in [6, 6.07) is 0. The minimum atomic E-state index is 0.0752. The summed E-state index contributed by atoms with van der Waals surface area (Å²) in [5.41, 5.74) is 5.61. The van der Waals surface area contributed by atoms with Gasteiger partial charge in [0, 0.05) is 12.5 Å². The van der Waals surface area contributed by atoms with E-state index in [1.54, 1.807) is 0 Å². The van der Waals surface area contributed by atoms with Crippen LogP contribution in [0.3, 0.4) is 0 Å². The van der Waals surface area contributed by atoms with Crippen molar-refractivity contribution in [3.8, 4) is 0 Å². The molecular formula is C12H20N4O. The minimum Gasteiger partial charge on any atom is -0.366 e. The number of ether oxygens (including phenoxy) is 1. The van der Waals surface area contributed by atoms with Gasteiger partial charge in [-0.3, -0.25) is 5.10 Å². The van der Waals surface area contributed by atoms with E-state index in [1.807, 2.05) is 0 Å². The Hall–Kier alpha value is -0.940. The quantitative estimate of drug-likeness (QED) is 0.836. The van der Waals surface area contributed by atoms with E-state index in [4.69, 9.17) is 10.5 Å². The number of hydrogen-bond acceptors (Lipinski definition) is 4. The monoisotopic (exact) mass is 236 g/mol. The van der Waals surface area contributed by atoms with Gasteiger partial charge in [0.2, 0.25) is 0 Å². The normalized spacial score (nSPS) is 30.2. The number of aromatic nitrogens is 3. The summed E-state index contributed by atoms with van der Waals surface area (Å²) in [5.74, 6) is 2.44. The lowest BCUT2D eigenvalue weighted by Crippen LogP contribution is -2.19. The Morgan fingerprint density at radius 3 is 2.76 bits per heavy atom. The molecule has 3 N–H and O–H groups in total. The van der Waals surface area contributed by atoms with Gasteiger partial charge in [-0.1, -0.05) is 12.8 Å². The molecule has 0 bridgehead atoms. The van der Waals surface area contributed by atoms with Crippen LogP contribution in [0.5, 0.6) is 0 Å². The third kappa shape index (κ3) is 2.21. The second-order valence-electron chi connectivity index (χ2n) is 5.12. The van der Waals surface area contributed by atoms with Crippen LogP contribution in [-0.4, -0.2) is 27.8 Å². The molecular weight excluding hydrogens is 216 g/mol. The smallest absolute Gasteiger partial charge is 0.153 e. The molecule has 5 nitrogen and oxygen atoms in total. The maximum Gasteiger partial charge on any atom is 0.153 e.